The van der Waals surface area contributed by atoms with Crippen molar-refractivity contribution in [3.63, 3.8) is 0 Å². The van der Waals surface area contributed by atoms with Crippen LogP contribution in [-0.2, 0) is 6.42 Å². The smallest absolute Gasteiger partial charge is 0.339 e. The summed E-state index contributed by atoms with van der Waals surface area (Å²) in [5.74, 6) is -1.19. The van der Waals surface area contributed by atoms with Crippen LogP contribution in [0.2, 0.25) is 0 Å². The van der Waals surface area contributed by atoms with E-state index in [4.69, 9.17) is 4.42 Å². The van der Waals surface area contributed by atoms with Crippen LogP contribution in [-0.4, -0.2) is 22.0 Å². The Morgan fingerprint density at radius 2 is 2.08 bits per heavy atom. The average Bonchev–Trinajstić information content (AvgIpc) is 3.25. The highest BCUT2D eigenvalue weighted by Gasteiger charge is 2.23. The third-order valence-corrected chi connectivity index (χ3v) is 4.29. The zero-order valence-electron chi connectivity index (χ0n) is 14.1. The molecule has 0 saturated carbocycles. The van der Waals surface area contributed by atoms with Crippen LogP contribution in [0.25, 0.3) is 10.9 Å². The molecule has 6 nitrogen and oxygen atoms in total. The Bertz CT molecular complexity index is 923. The summed E-state index contributed by atoms with van der Waals surface area (Å²) < 4.78 is 5.44. The topological polar surface area (TPSA) is 95.3 Å². The van der Waals surface area contributed by atoms with E-state index in [2.05, 4.69) is 10.3 Å². The molecule has 1 unspecified atom stereocenters. The van der Waals surface area contributed by atoms with Gasteiger partial charge >= 0.3 is 5.97 Å². The molecule has 1 amide bonds. The highest BCUT2D eigenvalue weighted by molar-refractivity contribution is 5.96. The molecule has 0 radical (unpaired) electrons. The normalized spacial score (nSPS) is 12.2. The molecule has 3 aromatic rings. The number of para-hydroxylation sites is 1. The Kier molecular flexibility index (Phi) is 4.61. The van der Waals surface area contributed by atoms with E-state index in [1.54, 1.807) is 6.92 Å². The van der Waals surface area contributed by atoms with Gasteiger partial charge in [-0.15, -0.1) is 0 Å². The third-order valence-electron chi connectivity index (χ3n) is 4.29. The maximum Gasteiger partial charge on any atom is 0.339 e. The summed E-state index contributed by atoms with van der Waals surface area (Å²) in [5.41, 5.74) is 2.00. The lowest BCUT2D eigenvalue weighted by Crippen LogP contribution is -2.28. The van der Waals surface area contributed by atoms with Gasteiger partial charge in [0.1, 0.15) is 11.3 Å². The van der Waals surface area contributed by atoms with Crippen LogP contribution >= 0.6 is 0 Å². The fourth-order valence-electron chi connectivity index (χ4n) is 3.01. The van der Waals surface area contributed by atoms with Gasteiger partial charge in [-0.1, -0.05) is 32.0 Å². The molecule has 0 bridgehead atoms. The van der Waals surface area contributed by atoms with Gasteiger partial charge in [-0.3, -0.25) is 4.79 Å². The van der Waals surface area contributed by atoms with Gasteiger partial charge in [-0.2, -0.15) is 0 Å². The number of hydrogen-bond donors (Lipinski definition) is 3. The first kappa shape index (κ1) is 16.8. The first-order valence-corrected chi connectivity index (χ1v) is 8.28. The van der Waals surface area contributed by atoms with Gasteiger partial charge in [-0.05, 0) is 23.4 Å². The lowest BCUT2D eigenvalue weighted by Gasteiger charge is -2.17. The summed E-state index contributed by atoms with van der Waals surface area (Å²) >= 11 is 0. The van der Waals surface area contributed by atoms with Crippen LogP contribution in [0.5, 0.6) is 0 Å². The number of aromatic nitrogens is 1. The molecule has 25 heavy (non-hydrogen) atoms. The van der Waals surface area contributed by atoms with Crippen LogP contribution in [0.1, 0.15) is 58.5 Å². The third kappa shape index (κ3) is 3.15. The molecular formula is C19H20N2O4. The van der Waals surface area contributed by atoms with Crippen molar-refractivity contribution >= 4 is 22.8 Å². The second-order valence-electron chi connectivity index (χ2n) is 5.83. The van der Waals surface area contributed by atoms with Gasteiger partial charge in [0.2, 0.25) is 0 Å². The van der Waals surface area contributed by atoms with Crippen molar-refractivity contribution in [2.24, 2.45) is 0 Å². The van der Waals surface area contributed by atoms with Crippen molar-refractivity contribution in [3.8, 4) is 0 Å². The lowest BCUT2D eigenvalue weighted by molar-refractivity contribution is 0.0694. The minimum absolute atomic E-state index is 0.0198. The molecule has 0 aliphatic heterocycles. The number of carbonyl (C=O) groups is 2. The maximum atomic E-state index is 12.6. The summed E-state index contributed by atoms with van der Waals surface area (Å²) in [7, 11) is 0. The first-order chi connectivity index (χ1) is 12.0. The van der Waals surface area contributed by atoms with Crippen molar-refractivity contribution < 1.29 is 19.1 Å². The molecule has 0 aliphatic rings. The number of fused-ring (bicyclic) bond motifs is 1. The number of rotatable bonds is 6. The number of H-pyrrole nitrogens is 1. The summed E-state index contributed by atoms with van der Waals surface area (Å²) in [6.07, 6.45) is 2.97. The molecule has 2 heterocycles. The van der Waals surface area contributed by atoms with Crippen molar-refractivity contribution in [3.05, 3.63) is 59.2 Å². The molecule has 3 rings (SSSR count). The van der Waals surface area contributed by atoms with Crippen molar-refractivity contribution in [2.45, 2.75) is 32.7 Å². The second kappa shape index (κ2) is 6.84. The molecule has 1 aromatic carbocycles. The van der Waals surface area contributed by atoms with Crippen LogP contribution in [0, 0.1) is 0 Å². The Labute approximate surface area is 144 Å². The number of furan rings is 1. The van der Waals surface area contributed by atoms with Crippen LogP contribution in [0.15, 0.2) is 40.9 Å². The molecule has 130 valence electrons. The molecule has 6 heteroatoms. The van der Waals surface area contributed by atoms with Crippen LogP contribution < -0.4 is 5.32 Å². The number of hydrogen-bond acceptors (Lipinski definition) is 3. The molecule has 2 aromatic heterocycles. The summed E-state index contributed by atoms with van der Waals surface area (Å²) in [6.45, 7) is 3.77. The van der Waals surface area contributed by atoms with E-state index in [-0.39, 0.29) is 17.4 Å². The van der Waals surface area contributed by atoms with Gasteiger partial charge in [0.05, 0.1) is 11.6 Å². The predicted molar refractivity (Wildman–Crippen MR) is 93.8 cm³/mol. The average molecular weight is 340 g/mol. The summed E-state index contributed by atoms with van der Waals surface area (Å²) in [6, 6.07) is 8.98. The van der Waals surface area contributed by atoms with E-state index < -0.39 is 11.9 Å². The molecule has 0 spiro atoms. The maximum absolute atomic E-state index is 12.6. The van der Waals surface area contributed by atoms with E-state index in [0.717, 1.165) is 16.5 Å². The largest absolute Gasteiger partial charge is 0.478 e. The molecule has 0 fully saturated rings. The molecular weight excluding hydrogens is 320 g/mol. The van der Waals surface area contributed by atoms with Gasteiger partial charge in [-0.25, -0.2) is 4.79 Å². The van der Waals surface area contributed by atoms with Crippen molar-refractivity contribution in [2.75, 3.05) is 0 Å². The number of benzene rings is 1. The summed E-state index contributed by atoms with van der Waals surface area (Å²) in [4.78, 5) is 27.0. The first-order valence-electron chi connectivity index (χ1n) is 8.28. The SMILES string of the molecule is CCc1oc(C(=O)NC(CC)c2cccc3cc[nH]c23)cc1C(=O)O. The standard InChI is InChI=1S/C19H20N2O4/c1-3-14(12-7-5-6-11-8-9-20-17(11)12)21-18(22)16-10-13(19(23)24)15(4-2)25-16/h5-10,14,20H,3-4H2,1-2H3,(H,21,22)(H,23,24). The molecule has 3 N–H and O–H groups in total. The summed E-state index contributed by atoms with van der Waals surface area (Å²) in [5, 5.41) is 13.2. The Balaban J connectivity index is 1.88. The Hall–Kier alpha value is -3.02. The molecule has 1 atom stereocenters. The van der Waals surface area contributed by atoms with Gasteiger partial charge in [0.15, 0.2) is 5.76 Å². The highest BCUT2D eigenvalue weighted by Crippen LogP contribution is 2.26. The quantitative estimate of drug-likeness (QED) is 0.634. The Morgan fingerprint density at radius 1 is 1.28 bits per heavy atom. The number of carboxylic acids is 1. The zero-order chi connectivity index (χ0) is 18.0. The monoisotopic (exact) mass is 340 g/mol. The fourth-order valence-corrected chi connectivity index (χ4v) is 3.01. The van der Waals surface area contributed by atoms with Crippen LogP contribution in [0.3, 0.4) is 0 Å². The van der Waals surface area contributed by atoms with E-state index in [1.165, 1.54) is 6.07 Å². The van der Waals surface area contributed by atoms with Gasteiger partial charge < -0.3 is 19.8 Å². The minimum atomic E-state index is -1.09. The second-order valence-corrected chi connectivity index (χ2v) is 5.83. The number of nitrogens with one attached hydrogen (secondary N) is 2. The van der Waals surface area contributed by atoms with Gasteiger partial charge in [0.25, 0.3) is 5.91 Å². The number of aromatic amines is 1. The number of aryl methyl sites for hydroxylation is 1. The zero-order valence-corrected chi connectivity index (χ0v) is 14.1. The minimum Gasteiger partial charge on any atom is -0.478 e. The number of aromatic carboxylic acids is 1. The molecule has 0 aliphatic carbocycles. The molecule has 0 saturated heterocycles. The predicted octanol–water partition coefficient (Wildman–Crippen LogP) is 3.90. The fraction of sp³-hybridized carbons (Fsp3) is 0.263. The van der Waals surface area contributed by atoms with E-state index in [1.807, 2.05) is 37.4 Å². The highest BCUT2D eigenvalue weighted by atomic mass is 16.4. The number of carbonyl (C=O) groups excluding carboxylic acids is 1. The number of amides is 1. The van der Waals surface area contributed by atoms with E-state index in [0.29, 0.717) is 18.6 Å². The number of carboxylic acid groups (broad SMARTS) is 1. The van der Waals surface area contributed by atoms with Crippen molar-refractivity contribution in [1.82, 2.24) is 10.3 Å². The lowest BCUT2D eigenvalue weighted by atomic mass is 10.0. The van der Waals surface area contributed by atoms with E-state index in [9.17, 15) is 14.7 Å². The van der Waals surface area contributed by atoms with Crippen molar-refractivity contribution in [1.29, 1.82) is 0 Å². The van der Waals surface area contributed by atoms with E-state index >= 15 is 0 Å². The van der Waals surface area contributed by atoms with Gasteiger partial charge in [0, 0.05) is 18.7 Å². The Morgan fingerprint density at radius 3 is 2.72 bits per heavy atom. The van der Waals surface area contributed by atoms with Crippen LogP contribution in [0.4, 0.5) is 0 Å².